The summed E-state index contributed by atoms with van der Waals surface area (Å²) in [6, 6.07) is 7.25. The van der Waals surface area contributed by atoms with E-state index in [1.807, 2.05) is 37.5 Å². The molecule has 0 saturated heterocycles. The largest absolute Gasteiger partial charge is 0.354 e. The van der Waals surface area contributed by atoms with Gasteiger partial charge in [-0.15, -0.1) is 0 Å². The van der Waals surface area contributed by atoms with Gasteiger partial charge in [0.1, 0.15) is 6.04 Å². The number of nitrogens with zero attached hydrogens (tertiary/aromatic N) is 2. The predicted molar refractivity (Wildman–Crippen MR) is 83.2 cm³/mol. The molecular formula is C15H19ClN4O. The Morgan fingerprint density at radius 3 is 2.81 bits per heavy atom. The molecular weight excluding hydrogens is 288 g/mol. The number of amides is 1. The minimum atomic E-state index is -0.398. The molecule has 0 aliphatic carbocycles. The lowest BCUT2D eigenvalue weighted by atomic mass is 10.1. The summed E-state index contributed by atoms with van der Waals surface area (Å²) < 4.78 is 1.68. The van der Waals surface area contributed by atoms with E-state index in [2.05, 4.69) is 15.7 Å². The van der Waals surface area contributed by atoms with Crippen LogP contribution in [0.3, 0.4) is 0 Å². The molecule has 1 unspecified atom stereocenters. The average Bonchev–Trinajstić information content (AvgIpc) is 2.88. The van der Waals surface area contributed by atoms with Crippen LogP contribution < -0.4 is 10.6 Å². The van der Waals surface area contributed by atoms with Crippen LogP contribution in [0, 0.1) is 0 Å². The number of aromatic nitrogens is 2. The van der Waals surface area contributed by atoms with Crippen molar-refractivity contribution < 1.29 is 4.79 Å². The first-order chi connectivity index (χ1) is 10.1. The lowest BCUT2D eigenvalue weighted by Crippen LogP contribution is -2.36. The normalized spacial score (nSPS) is 12.1. The van der Waals surface area contributed by atoms with Crippen molar-refractivity contribution >= 4 is 17.5 Å². The molecule has 1 heterocycles. The fourth-order valence-corrected chi connectivity index (χ4v) is 2.39. The number of benzene rings is 1. The van der Waals surface area contributed by atoms with Gasteiger partial charge in [0, 0.05) is 30.4 Å². The average molecular weight is 307 g/mol. The number of nitrogens with one attached hydrogen (secondary N) is 2. The molecule has 0 fully saturated rings. The van der Waals surface area contributed by atoms with Gasteiger partial charge in [-0.05, 0) is 25.1 Å². The third-order valence-electron chi connectivity index (χ3n) is 3.26. The molecule has 0 radical (unpaired) electrons. The van der Waals surface area contributed by atoms with Crippen molar-refractivity contribution in [2.45, 2.75) is 12.5 Å². The summed E-state index contributed by atoms with van der Waals surface area (Å²) in [7, 11) is 3.58. The number of carbonyl (C=O) groups is 1. The van der Waals surface area contributed by atoms with Gasteiger partial charge in [-0.25, -0.2) is 0 Å². The highest BCUT2D eigenvalue weighted by Crippen LogP contribution is 2.15. The van der Waals surface area contributed by atoms with Crippen molar-refractivity contribution in [2.75, 3.05) is 13.6 Å². The van der Waals surface area contributed by atoms with Crippen LogP contribution in [0.15, 0.2) is 36.7 Å². The Bertz CT molecular complexity index is 611. The number of carbonyl (C=O) groups excluding carboxylic acids is 1. The lowest BCUT2D eigenvalue weighted by molar-refractivity contribution is -0.123. The summed E-state index contributed by atoms with van der Waals surface area (Å²) in [6.07, 6.45) is 4.22. The van der Waals surface area contributed by atoms with Crippen molar-refractivity contribution in [2.24, 2.45) is 7.05 Å². The van der Waals surface area contributed by atoms with Gasteiger partial charge in [0.25, 0.3) is 0 Å². The van der Waals surface area contributed by atoms with Crippen molar-refractivity contribution in [3.63, 3.8) is 0 Å². The molecule has 5 nitrogen and oxygen atoms in total. The van der Waals surface area contributed by atoms with Gasteiger partial charge >= 0.3 is 0 Å². The van der Waals surface area contributed by atoms with Crippen LogP contribution in [0.1, 0.15) is 17.2 Å². The molecule has 112 valence electrons. The highest BCUT2D eigenvalue weighted by Gasteiger charge is 2.19. The van der Waals surface area contributed by atoms with Crippen LogP contribution in [0.2, 0.25) is 5.02 Å². The number of hydrogen-bond donors (Lipinski definition) is 2. The maximum absolute atomic E-state index is 12.2. The first-order valence-corrected chi connectivity index (χ1v) is 7.16. The zero-order valence-corrected chi connectivity index (χ0v) is 12.9. The first-order valence-electron chi connectivity index (χ1n) is 6.78. The smallest absolute Gasteiger partial charge is 0.241 e. The standard InChI is InChI=1S/C15H19ClN4O/c1-17-14(12-9-19-20(2)10-12)15(21)18-8-7-11-5-3-4-6-13(11)16/h3-6,9-10,14,17H,7-8H2,1-2H3,(H,18,21). The summed E-state index contributed by atoms with van der Waals surface area (Å²) in [6.45, 7) is 0.543. The highest BCUT2D eigenvalue weighted by atomic mass is 35.5. The van der Waals surface area contributed by atoms with Gasteiger partial charge in [0.05, 0.1) is 6.20 Å². The molecule has 1 amide bonds. The van der Waals surface area contributed by atoms with Gasteiger partial charge in [0.2, 0.25) is 5.91 Å². The molecule has 1 aromatic heterocycles. The predicted octanol–water partition coefficient (Wildman–Crippen LogP) is 1.69. The molecule has 1 atom stereocenters. The molecule has 2 aromatic rings. The number of hydrogen-bond acceptors (Lipinski definition) is 3. The van der Waals surface area contributed by atoms with E-state index in [1.165, 1.54) is 0 Å². The molecule has 0 aliphatic rings. The fourth-order valence-electron chi connectivity index (χ4n) is 2.16. The third-order valence-corrected chi connectivity index (χ3v) is 3.63. The van der Waals surface area contributed by atoms with E-state index in [9.17, 15) is 4.79 Å². The Kier molecular flexibility index (Phi) is 5.36. The highest BCUT2D eigenvalue weighted by molar-refractivity contribution is 6.31. The first kappa shape index (κ1) is 15.5. The number of rotatable bonds is 6. The van der Waals surface area contributed by atoms with Crippen LogP contribution in [-0.2, 0) is 18.3 Å². The van der Waals surface area contributed by atoms with E-state index in [4.69, 9.17) is 11.6 Å². The Balaban J connectivity index is 1.90. The molecule has 0 spiro atoms. The van der Waals surface area contributed by atoms with Gasteiger partial charge in [-0.3, -0.25) is 9.48 Å². The molecule has 2 N–H and O–H groups in total. The van der Waals surface area contributed by atoms with E-state index in [0.717, 1.165) is 16.1 Å². The van der Waals surface area contributed by atoms with Crippen molar-refractivity contribution in [1.82, 2.24) is 20.4 Å². The monoisotopic (exact) mass is 306 g/mol. The van der Waals surface area contributed by atoms with Gasteiger partial charge in [0.15, 0.2) is 0 Å². The zero-order valence-electron chi connectivity index (χ0n) is 12.1. The van der Waals surface area contributed by atoms with Crippen LogP contribution >= 0.6 is 11.6 Å². The zero-order chi connectivity index (χ0) is 15.2. The fraction of sp³-hybridized carbons (Fsp3) is 0.333. The van der Waals surface area contributed by atoms with Crippen LogP contribution in [-0.4, -0.2) is 29.3 Å². The van der Waals surface area contributed by atoms with E-state index in [1.54, 1.807) is 17.9 Å². The second-order valence-corrected chi connectivity index (χ2v) is 5.21. The van der Waals surface area contributed by atoms with Crippen molar-refractivity contribution in [1.29, 1.82) is 0 Å². The summed E-state index contributed by atoms with van der Waals surface area (Å²) in [5.74, 6) is -0.0717. The van der Waals surface area contributed by atoms with Gasteiger partial charge < -0.3 is 10.6 Å². The van der Waals surface area contributed by atoms with E-state index in [-0.39, 0.29) is 5.91 Å². The van der Waals surface area contributed by atoms with Crippen LogP contribution in [0.5, 0.6) is 0 Å². The molecule has 0 saturated carbocycles. The van der Waals surface area contributed by atoms with Crippen LogP contribution in [0.25, 0.3) is 0 Å². The van der Waals surface area contributed by atoms with E-state index >= 15 is 0 Å². The van der Waals surface area contributed by atoms with Crippen molar-refractivity contribution in [3.8, 4) is 0 Å². The van der Waals surface area contributed by atoms with Crippen molar-refractivity contribution in [3.05, 3.63) is 52.8 Å². The lowest BCUT2D eigenvalue weighted by Gasteiger charge is -2.14. The SMILES string of the molecule is CNC(C(=O)NCCc1ccccc1Cl)c1cnn(C)c1. The summed E-state index contributed by atoms with van der Waals surface area (Å²) >= 11 is 6.09. The minimum Gasteiger partial charge on any atom is -0.354 e. The Hall–Kier alpha value is -1.85. The summed E-state index contributed by atoms with van der Waals surface area (Å²) in [5, 5.41) is 10.7. The maximum Gasteiger partial charge on any atom is 0.241 e. The molecule has 0 aliphatic heterocycles. The summed E-state index contributed by atoms with van der Waals surface area (Å²) in [4.78, 5) is 12.2. The Labute approximate surface area is 129 Å². The Morgan fingerprint density at radius 2 is 2.19 bits per heavy atom. The van der Waals surface area contributed by atoms with Gasteiger partial charge in [-0.2, -0.15) is 5.10 Å². The topological polar surface area (TPSA) is 59.0 Å². The quantitative estimate of drug-likeness (QED) is 0.854. The number of halogens is 1. The minimum absolute atomic E-state index is 0.0717. The second-order valence-electron chi connectivity index (χ2n) is 4.80. The van der Waals surface area contributed by atoms with Gasteiger partial charge in [-0.1, -0.05) is 29.8 Å². The summed E-state index contributed by atoms with van der Waals surface area (Å²) in [5.41, 5.74) is 1.87. The number of aryl methyl sites for hydroxylation is 1. The molecule has 2 rings (SSSR count). The third kappa shape index (κ3) is 4.06. The molecule has 21 heavy (non-hydrogen) atoms. The molecule has 0 bridgehead atoms. The molecule has 1 aromatic carbocycles. The Morgan fingerprint density at radius 1 is 1.43 bits per heavy atom. The van der Waals surface area contributed by atoms with E-state index < -0.39 is 6.04 Å². The van der Waals surface area contributed by atoms with E-state index in [0.29, 0.717) is 13.0 Å². The van der Waals surface area contributed by atoms with Crippen LogP contribution in [0.4, 0.5) is 0 Å². The molecule has 6 heteroatoms. The second kappa shape index (κ2) is 7.24. The maximum atomic E-state index is 12.2. The number of likely N-dealkylation sites (N-methyl/N-ethyl adjacent to an activating group) is 1.